The van der Waals surface area contributed by atoms with Crippen molar-refractivity contribution in [3.8, 4) is 12.1 Å². The lowest BCUT2D eigenvalue weighted by Crippen LogP contribution is -2.17. The predicted molar refractivity (Wildman–Crippen MR) is 136 cm³/mol. The van der Waals surface area contributed by atoms with Crippen LogP contribution in [0.4, 0.5) is 5.00 Å². The van der Waals surface area contributed by atoms with E-state index in [1.54, 1.807) is 13.0 Å². The molecule has 0 unspecified atom stereocenters. The van der Waals surface area contributed by atoms with Crippen molar-refractivity contribution in [2.24, 2.45) is 5.92 Å². The third-order valence-electron chi connectivity index (χ3n) is 6.17. The minimum atomic E-state index is -0.571. The summed E-state index contributed by atoms with van der Waals surface area (Å²) in [7, 11) is 0. The molecule has 0 saturated carbocycles. The molecule has 2 heterocycles. The summed E-state index contributed by atoms with van der Waals surface area (Å²) >= 11 is 1.39. The van der Waals surface area contributed by atoms with Crippen LogP contribution in [0.1, 0.15) is 53.1 Å². The fourth-order valence-corrected chi connectivity index (χ4v) is 5.87. The van der Waals surface area contributed by atoms with Crippen LogP contribution in [-0.4, -0.2) is 23.1 Å². The molecule has 1 aromatic carbocycles. The van der Waals surface area contributed by atoms with Gasteiger partial charge in [0.25, 0.3) is 5.91 Å². The zero-order valence-electron chi connectivity index (χ0n) is 19.8. The Morgan fingerprint density at radius 2 is 2.11 bits per heavy atom. The van der Waals surface area contributed by atoms with Crippen LogP contribution in [-0.2, 0) is 28.9 Å². The van der Waals surface area contributed by atoms with E-state index in [9.17, 15) is 14.9 Å². The number of hydrogen-bond donors (Lipinski definition) is 1. The normalized spacial score (nSPS) is 15.2. The van der Waals surface area contributed by atoms with Crippen LogP contribution < -0.4 is 5.32 Å². The van der Waals surface area contributed by atoms with Gasteiger partial charge >= 0.3 is 5.97 Å². The number of aryl methyl sites for hydroxylation is 1. The van der Waals surface area contributed by atoms with Crippen molar-refractivity contribution >= 4 is 45.2 Å². The Morgan fingerprint density at radius 3 is 2.86 bits per heavy atom. The first-order valence-electron chi connectivity index (χ1n) is 11.7. The molecule has 8 heteroatoms. The fraction of sp³-hybridized carbons (Fsp3) is 0.333. The Balaban J connectivity index is 1.68. The first-order chi connectivity index (χ1) is 17.0. The summed E-state index contributed by atoms with van der Waals surface area (Å²) in [4.78, 5) is 27.0. The van der Waals surface area contributed by atoms with Crippen LogP contribution >= 0.6 is 11.3 Å². The Bertz CT molecular complexity index is 1400. The van der Waals surface area contributed by atoms with Gasteiger partial charge in [0, 0.05) is 34.1 Å². The number of fused-ring (bicyclic) bond motifs is 2. The number of nitrogens with zero attached hydrogens (tertiary/aromatic N) is 3. The van der Waals surface area contributed by atoms with Crippen LogP contribution in [0.5, 0.6) is 0 Å². The highest BCUT2D eigenvalue weighted by Gasteiger charge is 2.29. The van der Waals surface area contributed by atoms with Crippen molar-refractivity contribution in [3.05, 3.63) is 57.6 Å². The molecule has 1 aliphatic rings. The highest BCUT2D eigenvalue weighted by Crippen LogP contribution is 2.40. The molecule has 35 heavy (non-hydrogen) atoms. The number of ether oxygens (including phenoxy) is 1. The third-order valence-corrected chi connectivity index (χ3v) is 7.34. The van der Waals surface area contributed by atoms with Gasteiger partial charge in [-0.05, 0) is 49.8 Å². The molecular weight excluding hydrogens is 460 g/mol. The Kier molecular flexibility index (Phi) is 7.33. The molecule has 3 aromatic rings. The second-order valence-electron chi connectivity index (χ2n) is 8.60. The minimum absolute atomic E-state index is 0.0669. The van der Waals surface area contributed by atoms with Crippen molar-refractivity contribution in [3.63, 3.8) is 0 Å². The van der Waals surface area contributed by atoms with Gasteiger partial charge in [-0.25, -0.2) is 4.79 Å². The number of rotatable bonds is 7. The van der Waals surface area contributed by atoms with Crippen molar-refractivity contribution in [1.29, 1.82) is 10.5 Å². The summed E-state index contributed by atoms with van der Waals surface area (Å²) in [5, 5.41) is 22.9. The molecule has 1 aliphatic carbocycles. The molecular formula is C27H26N4O3S. The van der Waals surface area contributed by atoms with Crippen molar-refractivity contribution in [2.75, 3.05) is 11.9 Å². The monoisotopic (exact) mass is 486 g/mol. The molecule has 0 aliphatic heterocycles. The quantitative estimate of drug-likeness (QED) is 0.271. The molecule has 1 atom stereocenters. The average molecular weight is 487 g/mol. The Hall–Kier alpha value is -3.88. The maximum absolute atomic E-state index is 13.2. The van der Waals surface area contributed by atoms with Crippen molar-refractivity contribution < 1.29 is 14.3 Å². The molecule has 0 bridgehead atoms. The van der Waals surface area contributed by atoms with Crippen LogP contribution in [0.25, 0.3) is 17.0 Å². The van der Waals surface area contributed by atoms with Gasteiger partial charge in [0.05, 0.1) is 24.7 Å². The van der Waals surface area contributed by atoms with E-state index in [1.807, 2.05) is 41.1 Å². The molecule has 0 fully saturated rings. The van der Waals surface area contributed by atoms with Crippen LogP contribution in [0.3, 0.4) is 0 Å². The van der Waals surface area contributed by atoms with Gasteiger partial charge in [0.1, 0.15) is 16.6 Å². The number of aromatic nitrogens is 1. The maximum atomic E-state index is 13.2. The minimum Gasteiger partial charge on any atom is -0.462 e. The topological polar surface area (TPSA) is 108 Å². The molecule has 0 radical (unpaired) electrons. The molecule has 4 rings (SSSR count). The van der Waals surface area contributed by atoms with Crippen molar-refractivity contribution in [2.45, 2.75) is 46.1 Å². The summed E-state index contributed by atoms with van der Waals surface area (Å²) in [6.45, 7) is 4.68. The van der Waals surface area contributed by atoms with Crippen molar-refractivity contribution in [1.82, 2.24) is 4.57 Å². The fourth-order valence-electron chi connectivity index (χ4n) is 4.48. The van der Waals surface area contributed by atoms with Gasteiger partial charge in [-0.15, -0.1) is 11.3 Å². The molecule has 1 N–H and O–H groups in total. The first kappa shape index (κ1) is 24.3. The van der Waals surface area contributed by atoms with E-state index in [2.05, 4.69) is 18.3 Å². The van der Waals surface area contributed by atoms with Gasteiger partial charge in [0.15, 0.2) is 0 Å². The Labute approximate surface area is 208 Å². The lowest BCUT2D eigenvalue weighted by atomic mass is 9.88. The predicted octanol–water partition coefficient (Wildman–Crippen LogP) is 5.46. The summed E-state index contributed by atoms with van der Waals surface area (Å²) in [6.07, 6.45) is 6.35. The van der Waals surface area contributed by atoms with Gasteiger partial charge in [-0.1, -0.05) is 25.1 Å². The van der Waals surface area contributed by atoms with Gasteiger partial charge in [-0.2, -0.15) is 10.5 Å². The standard InChI is InChI=1S/C27H26N4O3S/c1-3-34-27(33)24-21-10-9-17(2)13-23(21)35-26(24)30-25(32)18(15-29)14-19-16-31(12-6-11-28)22-8-5-4-7-20(19)22/h4-5,7-8,14,16-17H,3,6,9-10,12-13H2,1-2H3,(H,30,32)/b18-14+/t17-/m0/s1. The third kappa shape index (κ3) is 4.99. The number of thiophene rings is 1. The number of esters is 1. The number of carbonyl (C=O) groups is 2. The van der Waals surface area contributed by atoms with Crippen LogP contribution in [0.2, 0.25) is 0 Å². The average Bonchev–Trinajstić information content (AvgIpc) is 3.38. The lowest BCUT2D eigenvalue weighted by Gasteiger charge is -2.18. The number of nitriles is 2. The van der Waals surface area contributed by atoms with Crippen LogP contribution in [0.15, 0.2) is 36.0 Å². The molecule has 7 nitrogen and oxygen atoms in total. The van der Waals surface area contributed by atoms with E-state index in [-0.39, 0.29) is 12.2 Å². The van der Waals surface area contributed by atoms with Gasteiger partial charge in [-0.3, -0.25) is 4.79 Å². The molecule has 178 valence electrons. The van der Waals surface area contributed by atoms with Gasteiger partial charge in [0.2, 0.25) is 0 Å². The lowest BCUT2D eigenvalue weighted by molar-refractivity contribution is -0.112. The SMILES string of the molecule is CCOC(=O)c1c(NC(=O)/C(C#N)=C/c2cn(CCC#N)c3ccccc23)sc2c1CC[C@H](C)C2. The zero-order valence-corrected chi connectivity index (χ0v) is 20.6. The van der Waals surface area contributed by atoms with Gasteiger partial charge < -0.3 is 14.6 Å². The van der Waals surface area contributed by atoms with E-state index in [4.69, 9.17) is 10.00 Å². The van der Waals surface area contributed by atoms with E-state index < -0.39 is 11.9 Å². The number of anilines is 1. The van der Waals surface area contributed by atoms with E-state index in [1.165, 1.54) is 11.3 Å². The second-order valence-corrected chi connectivity index (χ2v) is 9.71. The highest BCUT2D eigenvalue weighted by molar-refractivity contribution is 7.17. The van der Waals surface area contributed by atoms with E-state index in [0.29, 0.717) is 29.4 Å². The summed E-state index contributed by atoms with van der Waals surface area (Å²) in [5.74, 6) is -0.510. The van der Waals surface area contributed by atoms with E-state index in [0.717, 1.165) is 46.2 Å². The number of para-hydroxylation sites is 1. The zero-order chi connectivity index (χ0) is 24.9. The number of hydrogen-bond acceptors (Lipinski definition) is 6. The summed E-state index contributed by atoms with van der Waals surface area (Å²) < 4.78 is 7.23. The second kappa shape index (κ2) is 10.6. The first-order valence-corrected chi connectivity index (χ1v) is 12.5. The van der Waals surface area contributed by atoms with Crippen LogP contribution in [0, 0.1) is 28.6 Å². The number of carbonyl (C=O) groups excluding carboxylic acids is 2. The highest BCUT2D eigenvalue weighted by atomic mass is 32.1. The smallest absolute Gasteiger partial charge is 0.341 e. The Morgan fingerprint density at radius 1 is 1.31 bits per heavy atom. The summed E-state index contributed by atoms with van der Waals surface area (Å²) in [6, 6.07) is 11.8. The number of nitrogens with one attached hydrogen (secondary N) is 1. The van der Waals surface area contributed by atoms with E-state index >= 15 is 0 Å². The number of benzene rings is 1. The molecule has 1 amide bonds. The molecule has 0 spiro atoms. The maximum Gasteiger partial charge on any atom is 0.341 e. The largest absolute Gasteiger partial charge is 0.462 e. The summed E-state index contributed by atoms with van der Waals surface area (Å²) in [5.41, 5.74) is 2.94. The molecule has 2 aromatic heterocycles. The molecule has 0 saturated heterocycles. The number of amides is 1.